The maximum Gasteiger partial charge on any atom is 0.309 e. The lowest BCUT2D eigenvalue weighted by Gasteiger charge is -2.33. The normalized spacial score (nSPS) is 27.6. The third-order valence-electron chi connectivity index (χ3n) is 3.10. The number of carboxylic acids is 1. The van der Waals surface area contributed by atoms with Crippen LogP contribution in [-0.2, 0) is 4.79 Å². The molecule has 0 aromatic carbocycles. The molecule has 3 nitrogen and oxygen atoms in total. The zero-order chi connectivity index (χ0) is 11.3. The monoisotopic (exact) mass is 212 g/mol. The summed E-state index contributed by atoms with van der Waals surface area (Å²) in [7, 11) is 0. The number of allylic oxidation sites excluding steroid dienone is 1. The predicted molar refractivity (Wildman–Crippen MR) is 58.6 cm³/mol. The lowest BCUT2D eigenvalue weighted by molar-refractivity contribution is -0.150. The number of carbonyl (C=O) groups is 1. The summed E-state index contributed by atoms with van der Waals surface area (Å²) in [6, 6.07) is 0. The third kappa shape index (κ3) is 3.06. The number of carboxylic acid groups (broad SMARTS) is 1. The molecular weight excluding hydrogens is 192 g/mol. The smallest absolute Gasteiger partial charge is 0.309 e. The highest BCUT2D eigenvalue weighted by Gasteiger charge is 2.39. The van der Waals surface area contributed by atoms with Gasteiger partial charge in [-0.15, -0.1) is 0 Å². The maximum absolute atomic E-state index is 11.1. The Balaban J connectivity index is 2.72. The summed E-state index contributed by atoms with van der Waals surface area (Å²) >= 11 is 0. The van der Waals surface area contributed by atoms with Gasteiger partial charge in [-0.1, -0.05) is 31.9 Å². The molecule has 1 rings (SSSR count). The van der Waals surface area contributed by atoms with Crippen LogP contribution in [0.1, 0.15) is 45.4 Å². The quantitative estimate of drug-likeness (QED) is 0.688. The van der Waals surface area contributed by atoms with Gasteiger partial charge in [0.1, 0.15) is 0 Å². The largest absolute Gasteiger partial charge is 0.481 e. The van der Waals surface area contributed by atoms with Crippen molar-refractivity contribution >= 4 is 5.97 Å². The van der Waals surface area contributed by atoms with Crippen LogP contribution in [0.2, 0.25) is 0 Å². The molecular formula is C12H20O3. The molecule has 1 aliphatic rings. The fourth-order valence-corrected chi connectivity index (χ4v) is 2.16. The molecule has 0 aliphatic heterocycles. The number of hydrogen-bond acceptors (Lipinski definition) is 2. The highest BCUT2D eigenvalue weighted by atomic mass is 16.4. The van der Waals surface area contributed by atoms with Gasteiger partial charge in [0, 0.05) is 0 Å². The predicted octanol–water partition coefficient (Wildman–Crippen LogP) is 2.35. The van der Waals surface area contributed by atoms with Crippen LogP contribution < -0.4 is 0 Å². The second kappa shape index (κ2) is 5.31. The van der Waals surface area contributed by atoms with Crippen molar-refractivity contribution < 1.29 is 15.0 Å². The molecule has 3 heteroatoms. The number of aliphatic hydroxyl groups is 1. The first kappa shape index (κ1) is 12.2. The van der Waals surface area contributed by atoms with Crippen molar-refractivity contribution in [2.24, 2.45) is 5.92 Å². The first-order valence-corrected chi connectivity index (χ1v) is 5.73. The molecule has 0 aromatic rings. The van der Waals surface area contributed by atoms with E-state index in [1.54, 1.807) is 6.08 Å². The summed E-state index contributed by atoms with van der Waals surface area (Å²) in [6.45, 7) is 2.03. The zero-order valence-corrected chi connectivity index (χ0v) is 9.28. The van der Waals surface area contributed by atoms with Gasteiger partial charge >= 0.3 is 5.97 Å². The zero-order valence-electron chi connectivity index (χ0n) is 9.28. The second-order valence-corrected chi connectivity index (χ2v) is 4.32. The molecule has 2 N–H and O–H groups in total. The number of hydrogen-bond donors (Lipinski definition) is 2. The molecule has 15 heavy (non-hydrogen) atoms. The van der Waals surface area contributed by atoms with Crippen molar-refractivity contribution in [2.45, 2.75) is 51.0 Å². The van der Waals surface area contributed by atoms with Gasteiger partial charge in [0.25, 0.3) is 0 Å². The van der Waals surface area contributed by atoms with E-state index in [1.165, 1.54) is 0 Å². The van der Waals surface area contributed by atoms with E-state index in [9.17, 15) is 9.90 Å². The standard InChI is InChI=1S/C12H20O3/c1-2-3-7-10(11(13)14)12(15)8-5-4-6-9-12/h5,8,10,15H,2-4,6-7,9H2,1H3,(H,13,14). The van der Waals surface area contributed by atoms with Gasteiger partial charge in [-0.2, -0.15) is 0 Å². The van der Waals surface area contributed by atoms with E-state index < -0.39 is 17.5 Å². The first-order valence-electron chi connectivity index (χ1n) is 5.73. The van der Waals surface area contributed by atoms with Crippen LogP contribution in [0, 0.1) is 5.92 Å². The van der Waals surface area contributed by atoms with Crippen LogP contribution in [0.5, 0.6) is 0 Å². The molecule has 0 fully saturated rings. The number of aliphatic carboxylic acids is 1. The summed E-state index contributed by atoms with van der Waals surface area (Å²) in [5, 5.41) is 19.4. The van der Waals surface area contributed by atoms with Gasteiger partial charge in [-0.25, -0.2) is 0 Å². The molecule has 0 saturated carbocycles. The van der Waals surface area contributed by atoms with Gasteiger partial charge in [0.2, 0.25) is 0 Å². The van der Waals surface area contributed by atoms with Gasteiger partial charge < -0.3 is 10.2 Å². The number of unbranched alkanes of at least 4 members (excludes halogenated alkanes) is 1. The molecule has 2 atom stereocenters. The minimum atomic E-state index is -1.11. The molecule has 0 radical (unpaired) electrons. The Kier molecular flexibility index (Phi) is 4.33. The lowest BCUT2D eigenvalue weighted by atomic mass is 9.77. The minimum absolute atomic E-state index is 0.562. The molecule has 0 spiro atoms. The fraction of sp³-hybridized carbons (Fsp3) is 0.750. The summed E-state index contributed by atoms with van der Waals surface area (Å²) in [5.74, 6) is -1.52. The molecule has 0 heterocycles. The Hall–Kier alpha value is -0.830. The molecule has 0 amide bonds. The SMILES string of the molecule is CCCCC(C(=O)O)C1(O)C=CCCC1. The van der Waals surface area contributed by atoms with E-state index in [4.69, 9.17) is 5.11 Å². The molecule has 0 bridgehead atoms. The van der Waals surface area contributed by atoms with Gasteiger partial charge in [0.05, 0.1) is 11.5 Å². The van der Waals surface area contributed by atoms with Crippen molar-refractivity contribution in [3.05, 3.63) is 12.2 Å². The van der Waals surface area contributed by atoms with Crippen LogP contribution in [0.3, 0.4) is 0 Å². The van der Waals surface area contributed by atoms with Crippen molar-refractivity contribution in [3.8, 4) is 0 Å². The Morgan fingerprint density at radius 1 is 1.60 bits per heavy atom. The van der Waals surface area contributed by atoms with Crippen molar-refractivity contribution in [2.75, 3.05) is 0 Å². The summed E-state index contributed by atoms with van der Waals surface area (Å²) in [6.07, 6.45) is 8.36. The van der Waals surface area contributed by atoms with Gasteiger partial charge in [0.15, 0.2) is 0 Å². The molecule has 0 saturated heterocycles. The molecule has 86 valence electrons. The van der Waals surface area contributed by atoms with E-state index >= 15 is 0 Å². The lowest BCUT2D eigenvalue weighted by Crippen LogP contribution is -2.41. The molecule has 0 aromatic heterocycles. The highest BCUT2D eigenvalue weighted by molar-refractivity contribution is 5.72. The van der Waals surface area contributed by atoms with E-state index in [0.29, 0.717) is 12.8 Å². The Morgan fingerprint density at radius 2 is 2.33 bits per heavy atom. The second-order valence-electron chi connectivity index (χ2n) is 4.32. The van der Waals surface area contributed by atoms with Gasteiger partial charge in [-0.3, -0.25) is 4.79 Å². The average molecular weight is 212 g/mol. The van der Waals surface area contributed by atoms with Gasteiger partial charge in [-0.05, 0) is 25.7 Å². The van der Waals surface area contributed by atoms with E-state index in [-0.39, 0.29) is 0 Å². The van der Waals surface area contributed by atoms with Crippen molar-refractivity contribution in [1.82, 2.24) is 0 Å². The van der Waals surface area contributed by atoms with Crippen molar-refractivity contribution in [3.63, 3.8) is 0 Å². The van der Waals surface area contributed by atoms with E-state index in [1.807, 2.05) is 13.0 Å². The fourth-order valence-electron chi connectivity index (χ4n) is 2.16. The summed E-state index contributed by atoms with van der Waals surface area (Å²) in [4.78, 5) is 11.1. The highest BCUT2D eigenvalue weighted by Crippen LogP contribution is 2.32. The Labute approximate surface area is 90.8 Å². The average Bonchev–Trinajstić information content (AvgIpc) is 2.18. The van der Waals surface area contributed by atoms with Crippen molar-refractivity contribution in [1.29, 1.82) is 0 Å². The topological polar surface area (TPSA) is 57.5 Å². The van der Waals surface area contributed by atoms with Crippen LogP contribution >= 0.6 is 0 Å². The first-order chi connectivity index (χ1) is 7.10. The van der Waals surface area contributed by atoms with Crippen LogP contribution in [0.25, 0.3) is 0 Å². The minimum Gasteiger partial charge on any atom is -0.481 e. The maximum atomic E-state index is 11.1. The summed E-state index contributed by atoms with van der Waals surface area (Å²) < 4.78 is 0. The molecule has 2 unspecified atom stereocenters. The third-order valence-corrected chi connectivity index (χ3v) is 3.10. The molecule has 1 aliphatic carbocycles. The Morgan fingerprint density at radius 3 is 2.80 bits per heavy atom. The number of rotatable bonds is 5. The van der Waals surface area contributed by atoms with Crippen LogP contribution in [0.15, 0.2) is 12.2 Å². The van der Waals surface area contributed by atoms with Crippen LogP contribution in [0.4, 0.5) is 0 Å². The summed E-state index contributed by atoms with van der Waals surface area (Å²) in [5.41, 5.74) is -1.11. The Bertz CT molecular complexity index is 247. The van der Waals surface area contributed by atoms with E-state index in [0.717, 1.165) is 25.7 Å². The van der Waals surface area contributed by atoms with E-state index in [2.05, 4.69) is 0 Å². The van der Waals surface area contributed by atoms with Crippen LogP contribution in [-0.4, -0.2) is 21.8 Å².